The van der Waals surface area contributed by atoms with Gasteiger partial charge in [0.2, 0.25) is 0 Å². The Balaban J connectivity index is 2.37. The molecular weight excluding hydrogens is 275 g/mol. The second-order valence-corrected chi connectivity index (χ2v) is 6.34. The highest BCUT2D eigenvalue weighted by Crippen LogP contribution is 2.38. The van der Waals surface area contributed by atoms with Gasteiger partial charge < -0.3 is 5.32 Å². The Morgan fingerprint density at radius 1 is 1.45 bits per heavy atom. The molecule has 0 amide bonds. The predicted molar refractivity (Wildman–Crippen MR) is 82.6 cm³/mol. The van der Waals surface area contributed by atoms with Crippen LogP contribution in [0.1, 0.15) is 38.3 Å². The molecule has 1 heterocycles. The molecule has 0 bridgehead atoms. The molecule has 112 valence electrons. The topological polar surface area (TPSA) is 15.3 Å². The SMILES string of the molecule is CNCC1CCCN(C(C)C)C1c1ccc(Cl)cc1F. The van der Waals surface area contributed by atoms with E-state index in [1.165, 1.54) is 12.5 Å². The van der Waals surface area contributed by atoms with Crippen LogP contribution in [0.15, 0.2) is 18.2 Å². The molecule has 0 saturated carbocycles. The van der Waals surface area contributed by atoms with E-state index in [2.05, 4.69) is 24.1 Å². The van der Waals surface area contributed by atoms with Crippen molar-refractivity contribution >= 4 is 11.6 Å². The van der Waals surface area contributed by atoms with Crippen molar-refractivity contribution in [3.05, 3.63) is 34.6 Å². The molecule has 2 atom stereocenters. The maximum Gasteiger partial charge on any atom is 0.129 e. The second kappa shape index (κ2) is 6.88. The largest absolute Gasteiger partial charge is 0.319 e. The van der Waals surface area contributed by atoms with E-state index < -0.39 is 0 Å². The Hall–Kier alpha value is -0.640. The second-order valence-electron chi connectivity index (χ2n) is 5.90. The fourth-order valence-electron chi connectivity index (χ4n) is 3.33. The average Bonchev–Trinajstić information content (AvgIpc) is 2.39. The first kappa shape index (κ1) is 15.7. The number of benzene rings is 1. The minimum Gasteiger partial charge on any atom is -0.319 e. The summed E-state index contributed by atoms with van der Waals surface area (Å²) in [5, 5.41) is 3.71. The van der Waals surface area contributed by atoms with Gasteiger partial charge in [-0.15, -0.1) is 0 Å². The smallest absolute Gasteiger partial charge is 0.129 e. The predicted octanol–water partition coefficient (Wildman–Crippen LogP) is 3.86. The van der Waals surface area contributed by atoms with Gasteiger partial charge in [0.25, 0.3) is 0 Å². The maximum absolute atomic E-state index is 14.4. The van der Waals surface area contributed by atoms with Gasteiger partial charge in [-0.1, -0.05) is 17.7 Å². The van der Waals surface area contributed by atoms with Crippen molar-refractivity contribution in [2.24, 2.45) is 5.92 Å². The highest BCUT2D eigenvalue weighted by molar-refractivity contribution is 6.30. The van der Waals surface area contributed by atoms with E-state index in [4.69, 9.17) is 11.6 Å². The van der Waals surface area contributed by atoms with Gasteiger partial charge in [0.05, 0.1) is 0 Å². The van der Waals surface area contributed by atoms with Crippen LogP contribution in [-0.2, 0) is 0 Å². The number of nitrogens with zero attached hydrogens (tertiary/aromatic N) is 1. The Morgan fingerprint density at radius 3 is 2.80 bits per heavy atom. The van der Waals surface area contributed by atoms with Gasteiger partial charge in [0.15, 0.2) is 0 Å². The van der Waals surface area contributed by atoms with Crippen molar-refractivity contribution in [1.29, 1.82) is 0 Å². The van der Waals surface area contributed by atoms with Crippen LogP contribution in [0.2, 0.25) is 5.02 Å². The van der Waals surface area contributed by atoms with Gasteiger partial charge in [0, 0.05) is 22.7 Å². The summed E-state index contributed by atoms with van der Waals surface area (Å²) in [6, 6.07) is 5.62. The molecule has 4 heteroatoms. The van der Waals surface area contributed by atoms with Crippen LogP contribution in [0.25, 0.3) is 0 Å². The van der Waals surface area contributed by atoms with E-state index in [-0.39, 0.29) is 11.9 Å². The zero-order chi connectivity index (χ0) is 14.7. The van der Waals surface area contributed by atoms with Gasteiger partial charge in [0.1, 0.15) is 5.82 Å². The molecule has 1 saturated heterocycles. The van der Waals surface area contributed by atoms with E-state index in [1.807, 2.05) is 13.1 Å². The van der Waals surface area contributed by atoms with Crippen LogP contribution in [0.4, 0.5) is 4.39 Å². The summed E-state index contributed by atoms with van der Waals surface area (Å²) in [6.07, 6.45) is 2.31. The monoisotopic (exact) mass is 298 g/mol. The summed E-state index contributed by atoms with van der Waals surface area (Å²) in [5.74, 6) is 0.253. The molecule has 2 unspecified atom stereocenters. The first-order valence-corrected chi connectivity index (χ1v) is 7.77. The number of piperidine rings is 1. The summed E-state index contributed by atoms with van der Waals surface area (Å²) >= 11 is 5.89. The number of hydrogen-bond acceptors (Lipinski definition) is 2. The van der Waals surface area contributed by atoms with E-state index >= 15 is 0 Å². The van der Waals surface area contributed by atoms with Gasteiger partial charge >= 0.3 is 0 Å². The van der Waals surface area contributed by atoms with E-state index in [1.54, 1.807) is 6.07 Å². The summed E-state index contributed by atoms with van der Waals surface area (Å²) in [6.45, 7) is 6.31. The van der Waals surface area contributed by atoms with E-state index in [0.717, 1.165) is 25.1 Å². The van der Waals surface area contributed by atoms with Crippen LogP contribution in [0.5, 0.6) is 0 Å². The third-order valence-corrected chi connectivity index (χ3v) is 4.44. The van der Waals surface area contributed by atoms with Crippen molar-refractivity contribution in [1.82, 2.24) is 10.2 Å². The van der Waals surface area contributed by atoms with Gasteiger partial charge in [-0.2, -0.15) is 0 Å². The van der Waals surface area contributed by atoms with Crippen LogP contribution < -0.4 is 5.32 Å². The minimum absolute atomic E-state index is 0.133. The first-order valence-electron chi connectivity index (χ1n) is 7.40. The Kier molecular flexibility index (Phi) is 5.42. The normalized spacial score (nSPS) is 24.3. The molecule has 0 aromatic heterocycles. The van der Waals surface area contributed by atoms with Crippen molar-refractivity contribution < 1.29 is 4.39 Å². The third kappa shape index (κ3) is 3.33. The quantitative estimate of drug-likeness (QED) is 0.908. The Morgan fingerprint density at radius 2 is 2.20 bits per heavy atom. The van der Waals surface area contributed by atoms with Crippen LogP contribution in [0.3, 0.4) is 0 Å². The molecule has 0 spiro atoms. The van der Waals surface area contributed by atoms with Crippen molar-refractivity contribution in [3.63, 3.8) is 0 Å². The zero-order valence-corrected chi connectivity index (χ0v) is 13.3. The maximum atomic E-state index is 14.4. The lowest BCUT2D eigenvalue weighted by Gasteiger charge is -2.44. The molecule has 20 heavy (non-hydrogen) atoms. The fourth-order valence-corrected chi connectivity index (χ4v) is 3.49. The number of rotatable bonds is 4. The minimum atomic E-state index is -0.184. The van der Waals surface area contributed by atoms with E-state index in [9.17, 15) is 4.39 Å². The molecule has 1 N–H and O–H groups in total. The number of nitrogens with one attached hydrogen (secondary N) is 1. The van der Waals surface area contributed by atoms with Crippen LogP contribution in [-0.4, -0.2) is 31.1 Å². The molecule has 1 aliphatic heterocycles. The van der Waals surface area contributed by atoms with Crippen LogP contribution in [0, 0.1) is 11.7 Å². The van der Waals surface area contributed by atoms with Crippen LogP contribution >= 0.6 is 11.6 Å². The molecule has 1 aromatic carbocycles. The summed E-state index contributed by atoms with van der Waals surface area (Å²) < 4.78 is 14.4. The zero-order valence-electron chi connectivity index (χ0n) is 12.5. The van der Waals surface area contributed by atoms with Crippen molar-refractivity contribution in [2.45, 2.75) is 38.8 Å². The van der Waals surface area contributed by atoms with Crippen molar-refractivity contribution in [3.8, 4) is 0 Å². The molecular formula is C16H24ClFN2. The first-order chi connectivity index (χ1) is 9.54. The van der Waals surface area contributed by atoms with Gasteiger partial charge in [-0.05, 0) is 64.9 Å². The average molecular weight is 299 g/mol. The molecule has 2 rings (SSSR count). The lowest BCUT2D eigenvalue weighted by molar-refractivity contribution is 0.0613. The molecule has 2 nitrogen and oxygen atoms in total. The summed E-state index contributed by atoms with van der Waals surface area (Å²) in [7, 11) is 1.96. The van der Waals surface area contributed by atoms with Crippen molar-refractivity contribution in [2.75, 3.05) is 20.1 Å². The summed E-state index contributed by atoms with van der Waals surface area (Å²) in [5.41, 5.74) is 0.781. The Labute approximate surface area is 126 Å². The molecule has 0 aliphatic carbocycles. The highest BCUT2D eigenvalue weighted by atomic mass is 35.5. The molecule has 0 radical (unpaired) electrons. The Bertz CT molecular complexity index is 448. The fraction of sp³-hybridized carbons (Fsp3) is 0.625. The van der Waals surface area contributed by atoms with Gasteiger partial charge in [-0.3, -0.25) is 4.90 Å². The molecule has 1 aliphatic rings. The number of hydrogen-bond donors (Lipinski definition) is 1. The summed E-state index contributed by atoms with van der Waals surface area (Å²) in [4.78, 5) is 2.41. The third-order valence-electron chi connectivity index (χ3n) is 4.21. The lowest BCUT2D eigenvalue weighted by atomic mass is 9.83. The highest BCUT2D eigenvalue weighted by Gasteiger charge is 2.35. The van der Waals surface area contributed by atoms with Gasteiger partial charge in [-0.25, -0.2) is 4.39 Å². The standard InChI is InChI=1S/C16H24ClFN2/c1-11(2)20-8-4-5-12(10-19-3)16(20)14-7-6-13(17)9-15(14)18/h6-7,9,11-12,16,19H,4-5,8,10H2,1-3H3. The molecule has 1 aromatic rings. The number of likely N-dealkylation sites (tertiary alicyclic amines) is 1. The number of halogens is 2. The molecule has 1 fully saturated rings. The lowest BCUT2D eigenvalue weighted by Crippen LogP contribution is -2.45. The van der Waals surface area contributed by atoms with E-state index in [0.29, 0.717) is 17.0 Å².